The van der Waals surface area contributed by atoms with Crippen LogP contribution in [0.15, 0.2) is 0 Å². The second-order valence-corrected chi connectivity index (χ2v) is 19.8. The van der Waals surface area contributed by atoms with Crippen LogP contribution >= 0.6 is 33.1 Å². The Labute approximate surface area is 302 Å². The molecule has 3 saturated heterocycles. The van der Waals surface area contributed by atoms with Gasteiger partial charge >= 0.3 is 15.3 Å². The standard InChI is InChI=1S/C29H61N7O9P4/c1-25(2)36(26(3)4)47(42-14-10-30-5)43-21-28-19-34(12-16-40-28)48(37,31(6)7)45-23-29-20-35(13-17-41-29)49(38,32(8)9)44-22-27-18-33(24-46)11-15-39-27/h25-29H,10-24,46H2,1-4,6-9H3/i15T,16T,17T/t15-,16-,17-,27?,28?,29?,47?,48?,49?/m0/s1. The van der Waals surface area contributed by atoms with Crippen molar-refractivity contribution in [1.82, 2.24) is 28.3 Å². The minimum Gasteiger partial charge on any atom is -0.373 e. The zero-order chi connectivity index (χ0) is 38.8. The molecule has 7 unspecified atom stereocenters. The number of ether oxygens (including phenoxy) is 3. The molecule has 0 aromatic rings. The molecule has 0 N–H and O–H groups in total. The topological polar surface area (TPSA) is 123 Å². The fraction of sp³-hybridized carbons (Fsp3) is 0.966. The molecule has 0 radical (unpaired) electrons. The third-order valence-electron chi connectivity index (χ3n) is 7.92. The summed E-state index contributed by atoms with van der Waals surface area (Å²) in [6.45, 7) is 14.1. The Bertz CT molecular complexity index is 1230. The first-order valence-corrected chi connectivity index (χ1v) is 21.6. The summed E-state index contributed by atoms with van der Waals surface area (Å²) in [5.41, 5.74) is 0. The Kier molecular flexibility index (Phi) is 16.9. The number of rotatable bonds is 20. The summed E-state index contributed by atoms with van der Waals surface area (Å²) < 4.78 is 104. The molecule has 20 heteroatoms. The third kappa shape index (κ3) is 12.7. The number of hydrogen-bond acceptors (Lipinski definition) is 11. The van der Waals surface area contributed by atoms with Gasteiger partial charge < -0.3 is 37.2 Å². The molecule has 286 valence electrons. The van der Waals surface area contributed by atoms with E-state index in [1.807, 2.05) is 27.7 Å². The average molecular weight is 782 g/mol. The molecule has 0 spiro atoms. The van der Waals surface area contributed by atoms with Crippen molar-refractivity contribution in [3.05, 3.63) is 11.4 Å². The summed E-state index contributed by atoms with van der Waals surface area (Å²) in [5.74, 6) is 0. The van der Waals surface area contributed by atoms with Crippen LogP contribution in [0.2, 0.25) is 0 Å². The normalized spacial score (nSPS) is 32.1. The Balaban J connectivity index is 1.68. The molecule has 0 bridgehead atoms. The van der Waals surface area contributed by atoms with Gasteiger partial charge in [-0.2, -0.15) is 0 Å². The van der Waals surface area contributed by atoms with E-state index in [-0.39, 0.29) is 71.2 Å². The van der Waals surface area contributed by atoms with Gasteiger partial charge in [0.1, 0.15) is 6.61 Å². The lowest BCUT2D eigenvalue weighted by molar-refractivity contribution is -0.0537. The fourth-order valence-electron chi connectivity index (χ4n) is 5.48. The first kappa shape index (κ1) is 39.0. The van der Waals surface area contributed by atoms with Crippen LogP contribution in [0.3, 0.4) is 0 Å². The zero-order valence-electron chi connectivity index (χ0n) is 33.3. The van der Waals surface area contributed by atoms with Gasteiger partial charge in [-0.15, -0.1) is 9.24 Å². The van der Waals surface area contributed by atoms with Gasteiger partial charge in [0.2, 0.25) is 6.54 Å². The summed E-state index contributed by atoms with van der Waals surface area (Å²) in [7, 11) is 0.276. The van der Waals surface area contributed by atoms with Crippen LogP contribution in [0.5, 0.6) is 0 Å². The largest absolute Gasteiger partial charge is 0.373 e. The van der Waals surface area contributed by atoms with Crippen LogP contribution in [0.1, 0.15) is 31.8 Å². The Hall–Kier alpha value is 0.290. The highest BCUT2D eigenvalue weighted by Gasteiger charge is 2.43. The van der Waals surface area contributed by atoms with E-state index in [1.165, 1.54) is 9.34 Å². The van der Waals surface area contributed by atoms with E-state index in [4.69, 9.17) is 43.0 Å². The zero-order valence-corrected chi connectivity index (χ0v) is 34.2. The van der Waals surface area contributed by atoms with Crippen molar-refractivity contribution in [2.24, 2.45) is 0 Å². The minimum absolute atomic E-state index is 0.00122. The van der Waals surface area contributed by atoms with E-state index in [1.54, 1.807) is 37.5 Å². The van der Waals surface area contributed by atoms with Gasteiger partial charge in [0.05, 0.1) is 62.0 Å². The number of hydrogen-bond donors (Lipinski definition) is 0. The van der Waals surface area contributed by atoms with E-state index < -0.39 is 61.9 Å². The van der Waals surface area contributed by atoms with Gasteiger partial charge in [-0.1, -0.05) is 0 Å². The molecule has 16 nitrogen and oxygen atoms in total. The maximum atomic E-state index is 14.6. The van der Waals surface area contributed by atoms with Crippen LogP contribution in [-0.4, -0.2) is 185 Å². The lowest BCUT2D eigenvalue weighted by Gasteiger charge is -2.42. The molecule has 49 heavy (non-hydrogen) atoms. The minimum atomic E-state index is -3.74. The monoisotopic (exact) mass is 781 g/mol. The first-order chi connectivity index (χ1) is 24.4. The fourth-order valence-corrected chi connectivity index (χ4v) is 11.2. The van der Waals surface area contributed by atoms with Gasteiger partial charge in [0.25, 0.3) is 8.53 Å². The van der Waals surface area contributed by atoms with Crippen LogP contribution in [-0.2, 0) is 41.4 Å². The van der Waals surface area contributed by atoms with Crippen molar-refractivity contribution in [2.75, 3.05) is 126 Å². The van der Waals surface area contributed by atoms with Gasteiger partial charge in [-0.05, 0) is 55.9 Å². The van der Waals surface area contributed by atoms with Crippen LogP contribution in [0.25, 0.3) is 4.85 Å². The third-order valence-corrected chi connectivity index (χ3v) is 15.6. The van der Waals surface area contributed by atoms with Crippen LogP contribution < -0.4 is 0 Å². The second-order valence-electron chi connectivity index (χ2n) is 12.8. The first-order valence-electron chi connectivity index (χ1n) is 18.3. The molecule has 0 aromatic carbocycles. The Morgan fingerprint density at radius 3 is 1.76 bits per heavy atom. The van der Waals surface area contributed by atoms with Crippen molar-refractivity contribution in [2.45, 2.75) is 58.1 Å². The van der Waals surface area contributed by atoms with Crippen molar-refractivity contribution in [3.8, 4) is 0 Å². The van der Waals surface area contributed by atoms with Crippen LogP contribution in [0, 0.1) is 6.57 Å². The van der Waals surface area contributed by atoms with Crippen molar-refractivity contribution in [1.29, 1.82) is 0 Å². The van der Waals surface area contributed by atoms with Gasteiger partial charge in [0.15, 0.2) is 0 Å². The smallest absolute Gasteiger partial charge is 0.345 e. The molecule has 3 fully saturated rings. The van der Waals surface area contributed by atoms with Crippen molar-refractivity contribution < 1.29 is 45.5 Å². The molecule has 3 aliphatic rings. The van der Waals surface area contributed by atoms with E-state index in [0.29, 0.717) is 19.4 Å². The van der Waals surface area contributed by atoms with E-state index in [9.17, 15) is 9.13 Å². The van der Waals surface area contributed by atoms with Gasteiger partial charge in [-0.3, -0.25) is 14.0 Å². The molecule has 0 saturated carbocycles. The maximum Gasteiger partial charge on any atom is 0.345 e. The van der Waals surface area contributed by atoms with Crippen molar-refractivity contribution in [3.63, 3.8) is 0 Å². The molecule has 10 atom stereocenters. The number of nitrogens with zero attached hydrogens (tertiary/aromatic N) is 7. The van der Waals surface area contributed by atoms with E-state index in [0.717, 1.165) is 0 Å². The molecule has 3 aliphatic heterocycles. The summed E-state index contributed by atoms with van der Waals surface area (Å²) in [5, 5.41) is 0. The summed E-state index contributed by atoms with van der Waals surface area (Å²) >= 11 is 0. The summed E-state index contributed by atoms with van der Waals surface area (Å²) in [6.07, 6.45) is -1.15. The molecule has 3 rings (SSSR count). The highest BCUT2D eigenvalue weighted by atomic mass is 31.2. The molecule has 0 aromatic heterocycles. The van der Waals surface area contributed by atoms with Gasteiger partial charge in [-0.25, -0.2) is 29.9 Å². The van der Waals surface area contributed by atoms with Gasteiger partial charge in [0, 0.05) is 57.6 Å². The van der Waals surface area contributed by atoms with Crippen LogP contribution in [0.4, 0.5) is 0 Å². The summed E-state index contributed by atoms with van der Waals surface area (Å²) in [4.78, 5) is 5.43. The summed E-state index contributed by atoms with van der Waals surface area (Å²) in [6, 6.07) is 0.226. The lowest BCUT2D eigenvalue weighted by Crippen LogP contribution is -2.47. The quantitative estimate of drug-likeness (QED) is 0.102. The van der Waals surface area contributed by atoms with E-state index in [2.05, 4.69) is 23.7 Å². The predicted molar refractivity (Wildman–Crippen MR) is 195 cm³/mol. The second kappa shape index (κ2) is 21.2. The Morgan fingerprint density at radius 1 is 0.837 bits per heavy atom. The lowest BCUT2D eigenvalue weighted by atomic mass is 10.3. The maximum absolute atomic E-state index is 14.6. The molecule has 3 heterocycles. The van der Waals surface area contributed by atoms with E-state index >= 15 is 0 Å². The number of morpholine rings is 3. The van der Waals surface area contributed by atoms with Crippen molar-refractivity contribution >= 4 is 33.1 Å². The molecular weight excluding hydrogens is 714 g/mol. The molecular formula is C29H61N7O9P4. The SMILES string of the molecule is [3H][C@H]1CN(CP)CC(COP(=O)(N(C)C)N2CC(COP(=O)(N(C)C)N3CC(COP(OCC[N+]#[C-])N(C(C)C)C(C)C)O[C@@H]([3H])C3)O[C@@H]([3H])C2)O1. The highest BCUT2D eigenvalue weighted by molar-refractivity contribution is 7.54. The average Bonchev–Trinajstić information content (AvgIpc) is 3.07. The molecule has 0 amide bonds. The Morgan fingerprint density at radius 2 is 1.31 bits per heavy atom. The highest BCUT2D eigenvalue weighted by Crippen LogP contribution is 2.55. The molecule has 0 aliphatic carbocycles. The predicted octanol–water partition coefficient (Wildman–Crippen LogP) is 3.59.